The number of rotatable bonds is 4. The average Bonchev–Trinajstić information content (AvgIpc) is 1.81. The summed E-state index contributed by atoms with van der Waals surface area (Å²) in [7, 11) is -3.34. The van der Waals surface area contributed by atoms with Crippen LogP contribution in [0, 0.1) is 5.92 Å². The van der Waals surface area contributed by atoms with Crippen molar-refractivity contribution >= 4 is 15.8 Å². The van der Waals surface area contributed by atoms with Gasteiger partial charge in [0.05, 0.1) is 5.75 Å². The molecule has 0 saturated carbocycles. The molecule has 0 aromatic heterocycles. The number of carboxylic acid groups (broad SMARTS) is 1. The molecule has 70 valence electrons. The molecule has 0 aromatic carbocycles. The van der Waals surface area contributed by atoms with Crippen LogP contribution in [0.2, 0.25) is 0 Å². The normalized spacial score (nSPS) is 12.6. The second-order valence-electron chi connectivity index (χ2n) is 2.86. The van der Waals surface area contributed by atoms with Gasteiger partial charge in [-0.3, -0.25) is 0 Å². The van der Waals surface area contributed by atoms with Crippen LogP contribution >= 0.6 is 0 Å². The summed E-state index contributed by atoms with van der Waals surface area (Å²) in [4.78, 5) is 9.98. The summed E-state index contributed by atoms with van der Waals surface area (Å²) < 4.78 is 22.0. The molecule has 0 aliphatic carbocycles. The molecule has 0 unspecified atom stereocenters. The number of hydrogen-bond donors (Lipinski definition) is 1. The van der Waals surface area contributed by atoms with Crippen molar-refractivity contribution in [3.8, 4) is 0 Å². The van der Waals surface area contributed by atoms with E-state index in [0.717, 1.165) is 5.41 Å². The zero-order chi connectivity index (χ0) is 9.78. The summed E-state index contributed by atoms with van der Waals surface area (Å²) in [6.07, 6.45) is 0.637. The van der Waals surface area contributed by atoms with E-state index in [9.17, 15) is 13.2 Å². The van der Waals surface area contributed by atoms with Gasteiger partial charge in [-0.15, -0.1) is 0 Å². The molecule has 0 bridgehead atoms. The van der Waals surface area contributed by atoms with Crippen molar-refractivity contribution in [1.82, 2.24) is 0 Å². The van der Waals surface area contributed by atoms with Gasteiger partial charge in [-0.1, -0.05) is 13.8 Å². The van der Waals surface area contributed by atoms with Crippen molar-refractivity contribution in [3.63, 3.8) is 0 Å². The maximum Gasteiger partial charge on any atom is 0.329 e. The minimum atomic E-state index is -3.34. The molecular weight excluding hydrogens is 180 g/mol. The van der Waals surface area contributed by atoms with Crippen LogP contribution in [-0.2, 0) is 14.6 Å². The van der Waals surface area contributed by atoms with Gasteiger partial charge in [0.2, 0.25) is 0 Å². The second kappa shape index (κ2) is 4.25. The van der Waals surface area contributed by atoms with Crippen LogP contribution in [0.25, 0.3) is 0 Å². The van der Waals surface area contributed by atoms with E-state index in [-0.39, 0.29) is 11.7 Å². The number of carboxylic acids is 1. The molecule has 4 nitrogen and oxygen atoms in total. The predicted molar refractivity (Wildman–Crippen MR) is 45.4 cm³/mol. The summed E-state index contributed by atoms with van der Waals surface area (Å²) in [5.41, 5.74) is 0. The quantitative estimate of drug-likeness (QED) is 0.664. The Morgan fingerprint density at radius 1 is 1.50 bits per heavy atom. The van der Waals surface area contributed by atoms with Crippen LogP contribution in [0.1, 0.15) is 13.8 Å². The molecule has 0 spiro atoms. The fourth-order valence-corrected chi connectivity index (χ4v) is 2.05. The van der Waals surface area contributed by atoms with Gasteiger partial charge >= 0.3 is 5.97 Å². The minimum Gasteiger partial charge on any atom is -0.478 e. The lowest BCUT2D eigenvalue weighted by molar-refractivity contribution is -0.131. The number of sulfone groups is 1. The molecule has 0 saturated heterocycles. The first-order valence-corrected chi connectivity index (χ1v) is 5.19. The first-order chi connectivity index (χ1) is 5.33. The molecule has 0 aromatic rings. The number of aliphatic carboxylic acids is 1. The van der Waals surface area contributed by atoms with E-state index >= 15 is 0 Å². The number of carbonyl (C=O) groups is 1. The topological polar surface area (TPSA) is 71.4 Å². The molecule has 12 heavy (non-hydrogen) atoms. The third kappa shape index (κ3) is 5.91. The van der Waals surface area contributed by atoms with Crippen molar-refractivity contribution in [2.45, 2.75) is 13.8 Å². The Morgan fingerprint density at radius 3 is 2.33 bits per heavy atom. The van der Waals surface area contributed by atoms with E-state index in [4.69, 9.17) is 5.11 Å². The van der Waals surface area contributed by atoms with Crippen molar-refractivity contribution in [1.29, 1.82) is 0 Å². The zero-order valence-corrected chi connectivity index (χ0v) is 7.84. The van der Waals surface area contributed by atoms with E-state index in [2.05, 4.69) is 0 Å². The first kappa shape index (κ1) is 11.2. The summed E-state index contributed by atoms with van der Waals surface area (Å²) in [6, 6.07) is 0. The molecule has 0 heterocycles. The Morgan fingerprint density at radius 2 is 2.00 bits per heavy atom. The summed E-state index contributed by atoms with van der Waals surface area (Å²) >= 11 is 0. The van der Waals surface area contributed by atoms with Crippen LogP contribution in [0.3, 0.4) is 0 Å². The lowest BCUT2D eigenvalue weighted by atomic mass is 10.3. The number of hydrogen-bond acceptors (Lipinski definition) is 3. The molecular formula is C7H12O4S. The molecule has 0 rings (SSSR count). The van der Waals surface area contributed by atoms with Crippen molar-refractivity contribution < 1.29 is 18.3 Å². The zero-order valence-electron chi connectivity index (χ0n) is 7.02. The van der Waals surface area contributed by atoms with Gasteiger partial charge in [-0.05, 0) is 5.92 Å². The highest BCUT2D eigenvalue weighted by molar-refractivity contribution is 7.94. The van der Waals surface area contributed by atoms with Gasteiger partial charge in [0.25, 0.3) is 0 Å². The molecule has 0 amide bonds. The van der Waals surface area contributed by atoms with Crippen molar-refractivity contribution in [2.24, 2.45) is 5.92 Å². The second-order valence-corrected chi connectivity index (χ2v) is 4.80. The van der Waals surface area contributed by atoms with E-state index < -0.39 is 15.8 Å². The molecule has 0 radical (unpaired) electrons. The van der Waals surface area contributed by atoms with E-state index in [1.54, 1.807) is 13.8 Å². The first-order valence-electron chi connectivity index (χ1n) is 3.47. The van der Waals surface area contributed by atoms with Gasteiger partial charge in [0, 0.05) is 11.5 Å². The Labute approximate surface area is 71.8 Å². The minimum absolute atomic E-state index is 0.00782. The van der Waals surface area contributed by atoms with Crippen LogP contribution in [-0.4, -0.2) is 25.2 Å². The lowest BCUT2D eigenvalue weighted by Crippen LogP contribution is -2.08. The van der Waals surface area contributed by atoms with Crippen LogP contribution in [0.5, 0.6) is 0 Å². The average molecular weight is 192 g/mol. The van der Waals surface area contributed by atoms with Gasteiger partial charge in [0.15, 0.2) is 9.84 Å². The summed E-state index contributed by atoms with van der Waals surface area (Å²) in [5.74, 6) is -1.26. The highest BCUT2D eigenvalue weighted by atomic mass is 32.2. The molecule has 1 N–H and O–H groups in total. The maximum atomic E-state index is 11.0. The van der Waals surface area contributed by atoms with Crippen LogP contribution < -0.4 is 0 Å². The molecule has 0 atom stereocenters. The maximum absolute atomic E-state index is 11.0. The van der Waals surface area contributed by atoms with E-state index in [0.29, 0.717) is 6.08 Å². The van der Waals surface area contributed by atoms with Crippen molar-refractivity contribution in [2.75, 3.05) is 5.75 Å². The Hall–Kier alpha value is -0.840. The van der Waals surface area contributed by atoms with E-state index in [1.165, 1.54) is 0 Å². The molecule has 0 fully saturated rings. The largest absolute Gasteiger partial charge is 0.478 e. The fourth-order valence-electron chi connectivity index (χ4n) is 0.682. The predicted octanol–water partition coefficient (Wildman–Crippen LogP) is 0.655. The lowest BCUT2D eigenvalue weighted by Gasteiger charge is -2.00. The van der Waals surface area contributed by atoms with Gasteiger partial charge in [-0.2, -0.15) is 0 Å². The fraction of sp³-hybridized carbons (Fsp3) is 0.571. The van der Waals surface area contributed by atoms with Gasteiger partial charge < -0.3 is 5.11 Å². The molecule has 5 heteroatoms. The highest BCUT2D eigenvalue weighted by Crippen LogP contribution is 2.01. The Kier molecular flexibility index (Phi) is 3.95. The molecule has 0 aliphatic heterocycles. The molecule has 0 aliphatic rings. The summed E-state index contributed by atoms with van der Waals surface area (Å²) in [5, 5.41) is 8.89. The smallest absolute Gasteiger partial charge is 0.329 e. The van der Waals surface area contributed by atoms with Crippen LogP contribution in [0.15, 0.2) is 11.5 Å². The Bertz CT molecular complexity index is 274. The third-order valence-electron chi connectivity index (χ3n) is 0.984. The third-order valence-corrected chi connectivity index (χ3v) is 2.67. The van der Waals surface area contributed by atoms with Gasteiger partial charge in [-0.25, -0.2) is 13.2 Å². The monoisotopic (exact) mass is 192 g/mol. The van der Waals surface area contributed by atoms with Crippen molar-refractivity contribution in [3.05, 3.63) is 11.5 Å². The van der Waals surface area contributed by atoms with Crippen LogP contribution in [0.4, 0.5) is 0 Å². The highest BCUT2D eigenvalue weighted by Gasteiger charge is 2.08. The SMILES string of the molecule is CC(C)CS(=O)(=O)/C=C/C(=O)O. The van der Waals surface area contributed by atoms with E-state index in [1.807, 2.05) is 0 Å². The standard InChI is InChI=1S/C7H12O4S/c1-6(2)5-12(10,11)4-3-7(8)9/h3-4,6H,5H2,1-2H3,(H,8,9)/b4-3+. The van der Waals surface area contributed by atoms with Gasteiger partial charge in [0.1, 0.15) is 0 Å². The summed E-state index contributed by atoms with van der Waals surface area (Å²) in [6.45, 7) is 3.51. The Balaban J connectivity index is 4.34.